The third-order valence-corrected chi connectivity index (χ3v) is 3.82. The van der Waals surface area contributed by atoms with E-state index < -0.39 is 0 Å². The van der Waals surface area contributed by atoms with Gasteiger partial charge in [0.05, 0.1) is 11.4 Å². The van der Waals surface area contributed by atoms with Crippen LogP contribution < -0.4 is 11.1 Å². The summed E-state index contributed by atoms with van der Waals surface area (Å²) in [5.74, 6) is 0. The Kier molecular flexibility index (Phi) is 4.15. The molecule has 0 saturated heterocycles. The van der Waals surface area contributed by atoms with Gasteiger partial charge in [-0.25, -0.2) is 0 Å². The van der Waals surface area contributed by atoms with Gasteiger partial charge in [-0.05, 0) is 25.5 Å². The molecule has 0 spiro atoms. The number of nitrogens with one attached hydrogen (secondary N) is 1. The fraction of sp³-hybridized carbons (Fsp3) is 0.429. The topological polar surface area (TPSA) is 41.3 Å². The van der Waals surface area contributed by atoms with Gasteiger partial charge < -0.3 is 11.1 Å². The van der Waals surface area contributed by atoms with Crippen molar-refractivity contribution >= 4 is 23.0 Å². The van der Waals surface area contributed by atoms with E-state index in [4.69, 9.17) is 17.3 Å². The van der Waals surface area contributed by atoms with Gasteiger partial charge in [-0.15, -0.1) is 6.58 Å². The standard InChI is InChI=1S/C14H20ClN3/c1-3-4-7-18-9-11-12(15)5-6-13(16)14(11)17-8-10(18)2/h3,5-6,10,17H,1,4,7-9,16H2,2H3/t10-/m0/s1. The Morgan fingerprint density at radius 2 is 2.39 bits per heavy atom. The van der Waals surface area contributed by atoms with Crippen LogP contribution in [0.3, 0.4) is 0 Å². The molecule has 4 heteroatoms. The molecule has 1 atom stereocenters. The van der Waals surface area contributed by atoms with Crippen molar-refractivity contribution in [3.05, 3.63) is 35.4 Å². The van der Waals surface area contributed by atoms with Crippen LogP contribution in [0.25, 0.3) is 0 Å². The van der Waals surface area contributed by atoms with Crippen LogP contribution in [-0.2, 0) is 6.54 Å². The summed E-state index contributed by atoms with van der Waals surface area (Å²) >= 11 is 6.29. The summed E-state index contributed by atoms with van der Waals surface area (Å²) < 4.78 is 0. The number of nitrogens with zero attached hydrogens (tertiary/aromatic N) is 1. The summed E-state index contributed by atoms with van der Waals surface area (Å²) in [5, 5.41) is 4.20. The van der Waals surface area contributed by atoms with Gasteiger partial charge in [0.2, 0.25) is 0 Å². The Labute approximate surface area is 114 Å². The number of hydrogen-bond donors (Lipinski definition) is 2. The van der Waals surface area contributed by atoms with Gasteiger partial charge in [0.25, 0.3) is 0 Å². The van der Waals surface area contributed by atoms with Gasteiger partial charge in [-0.3, -0.25) is 4.90 Å². The summed E-state index contributed by atoms with van der Waals surface area (Å²) in [5.41, 5.74) is 8.88. The molecule has 2 rings (SSSR count). The molecular formula is C14H20ClN3. The molecule has 0 aromatic heterocycles. The second-order valence-electron chi connectivity index (χ2n) is 4.77. The minimum absolute atomic E-state index is 0.452. The molecule has 18 heavy (non-hydrogen) atoms. The number of anilines is 2. The van der Waals surface area contributed by atoms with Crippen molar-refractivity contribution in [1.82, 2.24) is 4.90 Å². The predicted octanol–water partition coefficient (Wildman–Crippen LogP) is 3.11. The quantitative estimate of drug-likeness (QED) is 0.652. The van der Waals surface area contributed by atoms with Crippen LogP contribution in [0.1, 0.15) is 18.9 Å². The van der Waals surface area contributed by atoms with Gasteiger partial charge in [-0.2, -0.15) is 0 Å². The van der Waals surface area contributed by atoms with E-state index in [1.807, 2.05) is 18.2 Å². The minimum atomic E-state index is 0.452. The number of rotatable bonds is 3. The molecule has 1 aliphatic rings. The third kappa shape index (κ3) is 2.62. The Morgan fingerprint density at radius 3 is 3.11 bits per heavy atom. The predicted molar refractivity (Wildman–Crippen MR) is 79.0 cm³/mol. The number of benzene rings is 1. The van der Waals surface area contributed by atoms with Crippen molar-refractivity contribution in [2.75, 3.05) is 24.1 Å². The zero-order valence-corrected chi connectivity index (χ0v) is 11.5. The maximum atomic E-state index is 6.29. The fourth-order valence-electron chi connectivity index (χ4n) is 2.30. The fourth-order valence-corrected chi connectivity index (χ4v) is 2.52. The highest BCUT2D eigenvalue weighted by Gasteiger charge is 2.22. The number of halogens is 1. The van der Waals surface area contributed by atoms with Crippen LogP contribution in [0.4, 0.5) is 11.4 Å². The molecule has 0 fully saturated rings. The second kappa shape index (κ2) is 5.63. The van der Waals surface area contributed by atoms with E-state index in [2.05, 4.69) is 23.7 Å². The van der Waals surface area contributed by atoms with Crippen LogP contribution in [-0.4, -0.2) is 24.0 Å². The minimum Gasteiger partial charge on any atom is -0.397 e. The van der Waals surface area contributed by atoms with E-state index in [9.17, 15) is 0 Å². The van der Waals surface area contributed by atoms with E-state index in [0.717, 1.165) is 48.0 Å². The lowest BCUT2D eigenvalue weighted by Crippen LogP contribution is -2.35. The van der Waals surface area contributed by atoms with Crippen LogP contribution in [0.2, 0.25) is 5.02 Å². The first kappa shape index (κ1) is 13.2. The first-order valence-corrected chi connectivity index (χ1v) is 6.67. The molecule has 0 saturated carbocycles. The van der Waals surface area contributed by atoms with Gasteiger partial charge >= 0.3 is 0 Å². The molecule has 0 unspecified atom stereocenters. The average Bonchev–Trinajstić information content (AvgIpc) is 2.52. The molecule has 0 radical (unpaired) electrons. The summed E-state index contributed by atoms with van der Waals surface area (Å²) in [7, 11) is 0. The van der Waals surface area contributed by atoms with Crippen LogP contribution in [0.15, 0.2) is 24.8 Å². The van der Waals surface area contributed by atoms with Crippen molar-refractivity contribution in [1.29, 1.82) is 0 Å². The summed E-state index contributed by atoms with van der Waals surface area (Å²) in [6.07, 6.45) is 2.94. The van der Waals surface area contributed by atoms with E-state index in [0.29, 0.717) is 6.04 Å². The maximum absolute atomic E-state index is 6.29. The molecular weight excluding hydrogens is 246 g/mol. The van der Waals surface area contributed by atoms with Crippen LogP contribution >= 0.6 is 11.6 Å². The summed E-state index contributed by atoms with van der Waals surface area (Å²) in [6.45, 7) is 8.71. The first-order valence-electron chi connectivity index (χ1n) is 6.29. The van der Waals surface area contributed by atoms with Crippen molar-refractivity contribution in [2.24, 2.45) is 0 Å². The molecule has 1 aliphatic heterocycles. The van der Waals surface area contributed by atoms with Crippen LogP contribution in [0, 0.1) is 0 Å². The SMILES string of the molecule is C=CCCN1Cc2c(Cl)ccc(N)c2NC[C@@H]1C. The van der Waals surface area contributed by atoms with Crippen molar-refractivity contribution < 1.29 is 0 Å². The number of fused-ring (bicyclic) bond motifs is 1. The third-order valence-electron chi connectivity index (χ3n) is 3.47. The highest BCUT2D eigenvalue weighted by Crippen LogP contribution is 2.33. The molecule has 0 amide bonds. The number of hydrogen-bond acceptors (Lipinski definition) is 3. The molecule has 1 aromatic rings. The molecule has 3 nitrogen and oxygen atoms in total. The summed E-state index contributed by atoms with van der Waals surface area (Å²) in [4.78, 5) is 2.41. The monoisotopic (exact) mass is 265 g/mol. The highest BCUT2D eigenvalue weighted by atomic mass is 35.5. The summed E-state index contributed by atoms with van der Waals surface area (Å²) in [6, 6.07) is 4.19. The molecule has 3 N–H and O–H groups in total. The zero-order valence-electron chi connectivity index (χ0n) is 10.7. The van der Waals surface area contributed by atoms with Crippen molar-refractivity contribution in [2.45, 2.75) is 25.9 Å². The van der Waals surface area contributed by atoms with E-state index >= 15 is 0 Å². The van der Waals surface area contributed by atoms with Crippen molar-refractivity contribution in [3.8, 4) is 0 Å². The van der Waals surface area contributed by atoms with Gasteiger partial charge in [-0.1, -0.05) is 17.7 Å². The smallest absolute Gasteiger partial charge is 0.0635 e. The molecule has 1 aromatic carbocycles. The van der Waals surface area contributed by atoms with Gasteiger partial charge in [0.15, 0.2) is 0 Å². The van der Waals surface area contributed by atoms with Gasteiger partial charge in [0, 0.05) is 36.3 Å². The van der Waals surface area contributed by atoms with E-state index in [-0.39, 0.29) is 0 Å². The lowest BCUT2D eigenvalue weighted by molar-refractivity contribution is 0.216. The Bertz CT molecular complexity index is 445. The highest BCUT2D eigenvalue weighted by molar-refractivity contribution is 6.32. The molecule has 1 heterocycles. The number of nitrogen functional groups attached to an aromatic ring is 1. The van der Waals surface area contributed by atoms with Crippen LogP contribution in [0.5, 0.6) is 0 Å². The largest absolute Gasteiger partial charge is 0.397 e. The molecule has 98 valence electrons. The molecule has 0 aliphatic carbocycles. The van der Waals surface area contributed by atoms with E-state index in [1.165, 1.54) is 0 Å². The first-order chi connectivity index (χ1) is 8.63. The lowest BCUT2D eigenvalue weighted by atomic mass is 10.1. The second-order valence-corrected chi connectivity index (χ2v) is 5.18. The lowest BCUT2D eigenvalue weighted by Gasteiger charge is -2.26. The Hall–Kier alpha value is -1.19. The molecule has 0 bridgehead atoms. The Balaban J connectivity index is 2.30. The number of nitrogens with two attached hydrogens (primary N) is 1. The van der Waals surface area contributed by atoms with Crippen molar-refractivity contribution in [3.63, 3.8) is 0 Å². The Morgan fingerprint density at radius 1 is 1.61 bits per heavy atom. The maximum Gasteiger partial charge on any atom is 0.0635 e. The average molecular weight is 266 g/mol. The van der Waals surface area contributed by atoms with Gasteiger partial charge in [0.1, 0.15) is 0 Å². The normalized spacial score (nSPS) is 19.8. The van der Waals surface area contributed by atoms with E-state index in [1.54, 1.807) is 0 Å². The zero-order chi connectivity index (χ0) is 13.1.